The molecule has 0 radical (unpaired) electrons. The summed E-state index contributed by atoms with van der Waals surface area (Å²) in [7, 11) is 1.13. The summed E-state index contributed by atoms with van der Waals surface area (Å²) in [5, 5.41) is 10.6. The first kappa shape index (κ1) is 14.3. The van der Waals surface area contributed by atoms with Crippen LogP contribution in [0.25, 0.3) is 0 Å². The largest absolute Gasteiger partial charge is 0.467 e. The zero-order chi connectivity index (χ0) is 14.0. The van der Waals surface area contributed by atoms with E-state index in [4.69, 9.17) is 5.73 Å². The Morgan fingerprint density at radius 3 is 2.17 bits per heavy atom. The molecule has 3 N–H and O–H groups in total. The summed E-state index contributed by atoms with van der Waals surface area (Å²) in [4.78, 5) is 23.5. The van der Waals surface area contributed by atoms with Crippen molar-refractivity contribution < 1.29 is 19.4 Å². The summed E-state index contributed by atoms with van der Waals surface area (Å²) in [6.07, 6.45) is 0. The second kappa shape index (κ2) is 4.88. The zero-order valence-electron chi connectivity index (χ0n) is 10.6. The maximum atomic E-state index is 11.9. The molecule has 1 rings (SSSR count). The highest BCUT2D eigenvalue weighted by Crippen LogP contribution is 2.33. The smallest absolute Gasteiger partial charge is 0.345 e. The maximum absolute atomic E-state index is 11.9. The lowest BCUT2D eigenvalue weighted by Crippen LogP contribution is -2.64. The van der Waals surface area contributed by atoms with Crippen LogP contribution in [0.3, 0.4) is 0 Å². The number of benzene rings is 1. The van der Waals surface area contributed by atoms with E-state index < -0.39 is 22.9 Å². The van der Waals surface area contributed by atoms with Crippen molar-refractivity contribution in [3.63, 3.8) is 0 Å². The first-order valence-electron chi connectivity index (χ1n) is 5.44. The molecule has 98 valence electrons. The number of ether oxygens (including phenoxy) is 1. The molecule has 0 aromatic heterocycles. The second-order valence-corrected chi connectivity index (χ2v) is 4.33. The van der Waals surface area contributed by atoms with Crippen molar-refractivity contribution in [3.05, 3.63) is 35.9 Å². The van der Waals surface area contributed by atoms with Gasteiger partial charge in [0.05, 0.1) is 7.11 Å². The lowest BCUT2D eigenvalue weighted by atomic mass is 9.74. The molecular formula is C13H17NO4. The van der Waals surface area contributed by atoms with Gasteiger partial charge in [-0.2, -0.15) is 0 Å². The number of carbonyl (C=O) groups excluding carboxylic acids is 2. The molecule has 0 fully saturated rings. The van der Waals surface area contributed by atoms with E-state index >= 15 is 0 Å². The number of ketones is 1. The van der Waals surface area contributed by atoms with Crippen LogP contribution in [0, 0.1) is 0 Å². The zero-order valence-corrected chi connectivity index (χ0v) is 10.6. The van der Waals surface area contributed by atoms with E-state index in [1.54, 1.807) is 18.2 Å². The van der Waals surface area contributed by atoms with Crippen LogP contribution in [-0.4, -0.2) is 29.5 Å². The van der Waals surface area contributed by atoms with Crippen LogP contribution in [0.15, 0.2) is 30.3 Å². The van der Waals surface area contributed by atoms with Crippen molar-refractivity contribution in [3.8, 4) is 0 Å². The monoisotopic (exact) mass is 251 g/mol. The van der Waals surface area contributed by atoms with Crippen molar-refractivity contribution in [1.82, 2.24) is 0 Å². The van der Waals surface area contributed by atoms with Gasteiger partial charge in [-0.25, -0.2) is 4.79 Å². The van der Waals surface area contributed by atoms with Gasteiger partial charge in [-0.1, -0.05) is 30.3 Å². The van der Waals surface area contributed by atoms with Crippen molar-refractivity contribution in [1.29, 1.82) is 0 Å². The number of rotatable bonds is 4. The molecule has 2 atom stereocenters. The van der Waals surface area contributed by atoms with Crippen LogP contribution in [0.2, 0.25) is 0 Å². The van der Waals surface area contributed by atoms with Crippen molar-refractivity contribution >= 4 is 11.8 Å². The topological polar surface area (TPSA) is 89.6 Å². The third-order valence-electron chi connectivity index (χ3n) is 3.16. The molecule has 1 aromatic carbocycles. The number of esters is 1. The molecule has 0 spiro atoms. The van der Waals surface area contributed by atoms with Crippen LogP contribution < -0.4 is 5.73 Å². The average molecular weight is 251 g/mol. The Bertz CT molecular complexity index is 455. The van der Waals surface area contributed by atoms with Gasteiger partial charge in [-0.05, 0) is 19.4 Å². The van der Waals surface area contributed by atoms with Gasteiger partial charge in [0, 0.05) is 0 Å². The predicted molar refractivity (Wildman–Crippen MR) is 65.6 cm³/mol. The van der Waals surface area contributed by atoms with Gasteiger partial charge in [-0.3, -0.25) is 4.79 Å². The summed E-state index contributed by atoms with van der Waals surface area (Å²) in [6, 6.07) is 8.04. The number of hydrogen-bond donors (Lipinski definition) is 2. The fourth-order valence-electron chi connectivity index (χ4n) is 1.71. The van der Waals surface area contributed by atoms with Crippen LogP contribution >= 0.6 is 0 Å². The first-order chi connectivity index (χ1) is 8.28. The number of nitrogens with two attached hydrogens (primary N) is 1. The minimum atomic E-state index is -2.21. The summed E-state index contributed by atoms with van der Waals surface area (Å²) in [5.41, 5.74) is 2.08. The Morgan fingerprint density at radius 1 is 1.28 bits per heavy atom. The van der Waals surface area contributed by atoms with E-state index in [2.05, 4.69) is 4.74 Å². The van der Waals surface area contributed by atoms with Gasteiger partial charge in [0.1, 0.15) is 5.54 Å². The molecule has 5 heteroatoms. The minimum absolute atomic E-state index is 0.219. The fourth-order valence-corrected chi connectivity index (χ4v) is 1.71. The van der Waals surface area contributed by atoms with Crippen LogP contribution in [0.1, 0.15) is 19.4 Å². The molecule has 1 aromatic rings. The summed E-state index contributed by atoms with van der Waals surface area (Å²) < 4.78 is 4.59. The van der Waals surface area contributed by atoms with Crippen molar-refractivity contribution in [2.75, 3.05) is 7.11 Å². The highest BCUT2D eigenvalue weighted by Gasteiger charge is 2.55. The number of hydrogen-bond acceptors (Lipinski definition) is 5. The quantitative estimate of drug-likeness (QED) is 0.754. The van der Waals surface area contributed by atoms with Gasteiger partial charge >= 0.3 is 5.97 Å². The summed E-state index contributed by atoms with van der Waals surface area (Å²) >= 11 is 0. The predicted octanol–water partition coefficient (Wildman–Crippen LogP) is 0.354. The highest BCUT2D eigenvalue weighted by atomic mass is 16.5. The number of aliphatic hydroxyl groups is 1. The molecule has 0 heterocycles. The third-order valence-corrected chi connectivity index (χ3v) is 3.16. The first-order valence-corrected chi connectivity index (χ1v) is 5.44. The Morgan fingerprint density at radius 2 is 1.78 bits per heavy atom. The van der Waals surface area contributed by atoms with E-state index in [0.717, 1.165) is 7.11 Å². The number of methoxy groups -OCH3 is 1. The van der Waals surface area contributed by atoms with Gasteiger partial charge in [0.15, 0.2) is 5.78 Å². The van der Waals surface area contributed by atoms with Crippen molar-refractivity contribution in [2.24, 2.45) is 5.73 Å². The lowest BCUT2D eigenvalue weighted by Gasteiger charge is -2.38. The molecule has 0 amide bonds. The number of Topliss-reactive ketones (excluding diaryl/α,β-unsaturated/α-hetero) is 1. The molecule has 5 nitrogen and oxygen atoms in total. The molecule has 0 bridgehead atoms. The molecule has 0 saturated heterocycles. The van der Waals surface area contributed by atoms with Crippen molar-refractivity contribution in [2.45, 2.75) is 25.0 Å². The maximum Gasteiger partial charge on any atom is 0.345 e. The SMILES string of the molecule is COC(=O)[C@@](O)(c1ccccc1)[C@@](C)(N)C(C)=O. The average Bonchev–Trinajstić information content (AvgIpc) is 2.37. The second-order valence-electron chi connectivity index (χ2n) is 4.33. The van der Waals surface area contributed by atoms with E-state index in [1.807, 2.05) is 0 Å². The lowest BCUT2D eigenvalue weighted by molar-refractivity contribution is -0.174. The molecule has 0 aliphatic rings. The fraction of sp³-hybridized carbons (Fsp3) is 0.385. The Hall–Kier alpha value is -1.72. The van der Waals surface area contributed by atoms with Gasteiger partial charge in [0.25, 0.3) is 0 Å². The van der Waals surface area contributed by atoms with E-state index in [1.165, 1.54) is 26.0 Å². The van der Waals surface area contributed by atoms with E-state index in [-0.39, 0.29) is 5.56 Å². The normalized spacial score (nSPS) is 17.4. The molecular weight excluding hydrogens is 234 g/mol. The molecule has 0 saturated carbocycles. The molecule has 18 heavy (non-hydrogen) atoms. The highest BCUT2D eigenvalue weighted by molar-refractivity contribution is 5.96. The van der Waals surface area contributed by atoms with Crippen LogP contribution in [0.4, 0.5) is 0 Å². The minimum Gasteiger partial charge on any atom is -0.467 e. The summed E-state index contributed by atoms with van der Waals surface area (Å²) in [5.74, 6) is -1.48. The van der Waals surface area contributed by atoms with Gasteiger partial charge in [-0.15, -0.1) is 0 Å². The van der Waals surface area contributed by atoms with Crippen LogP contribution in [-0.2, 0) is 19.9 Å². The Balaban J connectivity index is 3.47. The third kappa shape index (κ3) is 2.02. The Labute approximate surface area is 106 Å². The Kier molecular flexibility index (Phi) is 3.88. The van der Waals surface area contributed by atoms with E-state index in [9.17, 15) is 14.7 Å². The number of carbonyl (C=O) groups is 2. The molecule has 0 aliphatic heterocycles. The standard InChI is InChI=1S/C13H17NO4/c1-9(15)12(2,14)13(17,11(16)18-3)10-7-5-4-6-8-10/h4-8,17H,14H2,1-3H3/t12-,13-/m0/s1. The summed E-state index contributed by atoms with van der Waals surface area (Å²) in [6.45, 7) is 2.52. The van der Waals surface area contributed by atoms with Gasteiger partial charge in [0.2, 0.25) is 5.60 Å². The van der Waals surface area contributed by atoms with E-state index in [0.29, 0.717) is 0 Å². The van der Waals surface area contributed by atoms with Crippen LogP contribution in [0.5, 0.6) is 0 Å². The van der Waals surface area contributed by atoms with Gasteiger partial charge < -0.3 is 15.6 Å². The molecule has 0 unspecified atom stereocenters. The molecule has 0 aliphatic carbocycles.